The average molecular weight is 369 g/mol. The van der Waals surface area contributed by atoms with E-state index >= 15 is 0 Å². The van der Waals surface area contributed by atoms with Crippen LogP contribution >= 0.6 is 0 Å². The summed E-state index contributed by atoms with van der Waals surface area (Å²) in [6.45, 7) is 3.85. The summed E-state index contributed by atoms with van der Waals surface area (Å²) in [6.07, 6.45) is 3.46. The normalized spacial score (nSPS) is 15.9. The number of carbonyl (C=O) groups is 1. The number of amides is 2. The van der Waals surface area contributed by atoms with Crippen molar-refractivity contribution in [2.24, 2.45) is 5.92 Å². The molecule has 0 saturated carbocycles. The number of likely N-dealkylation sites (tertiary alicyclic amines) is 1. The van der Waals surface area contributed by atoms with E-state index in [9.17, 15) is 13.6 Å². The van der Waals surface area contributed by atoms with Crippen molar-refractivity contribution in [2.75, 3.05) is 33.2 Å². The molecule has 1 aliphatic heterocycles. The largest absolute Gasteiger partial charge is 0.435 e. The first-order valence-electron chi connectivity index (χ1n) is 9.19. The monoisotopic (exact) mass is 369 g/mol. The van der Waals surface area contributed by atoms with E-state index in [0.29, 0.717) is 13.1 Å². The van der Waals surface area contributed by atoms with Crippen LogP contribution in [-0.4, -0.2) is 55.7 Å². The molecule has 0 aliphatic carbocycles. The second-order valence-electron chi connectivity index (χ2n) is 6.99. The molecule has 26 heavy (non-hydrogen) atoms. The van der Waals surface area contributed by atoms with Gasteiger partial charge in [-0.3, -0.25) is 0 Å². The van der Waals surface area contributed by atoms with Gasteiger partial charge in [-0.05, 0) is 62.5 Å². The van der Waals surface area contributed by atoms with Crippen molar-refractivity contribution in [3.8, 4) is 5.75 Å². The molecule has 7 heteroatoms. The molecule has 0 unspecified atom stereocenters. The van der Waals surface area contributed by atoms with Gasteiger partial charge < -0.3 is 19.9 Å². The fraction of sp³-hybridized carbons (Fsp3) is 0.632. The molecule has 0 bridgehead atoms. The SMILES string of the molecule is CC1CCN(CCCNC(=O)N(C)Cc2ccc(OC(F)F)cc2)CC1. The summed E-state index contributed by atoms with van der Waals surface area (Å²) in [5.41, 5.74) is 0.853. The molecule has 146 valence electrons. The molecule has 1 fully saturated rings. The van der Waals surface area contributed by atoms with E-state index in [1.807, 2.05) is 0 Å². The maximum absolute atomic E-state index is 12.1. The van der Waals surface area contributed by atoms with Crippen molar-refractivity contribution in [1.82, 2.24) is 15.1 Å². The van der Waals surface area contributed by atoms with Gasteiger partial charge in [-0.15, -0.1) is 0 Å². The lowest BCUT2D eigenvalue weighted by molar-refractivity contribution is -0.0498. The molecule has 0 aromatic heterocycles. The van der Waals surface area contributed by atoms with Crippen molar-refractivity contribution < 1.29 is 18.3 Å². The third kappa shape index (κ3) is 7.15. The molecular weight excluding hydrogens is 340 g/mol. The molecule has 1 saturated heterocycles. The van der Waals surface area contributed by atoms with E-state index in [-0.39, 0.29) is 11.8 Å². The van der Waals surface area contributed by atoms with Gasteiger partial charge in [0.2, 0.25) is 0 Å². The standard InChI is InChI=1S/C19H29F2N3O2/c1-15-8-12-24(13-9-15)11-3-10-22-19(25)23(2)14-16-4-6-17(7-5-16)26-18(20)21/h4-7,15,18H,3,8-14H2,1-2H3,(H,22,25). The van der Waals surface area contributed by atoms with Crippen LogP contribution in [0.15, 0.2) is 24.3 Å². The van der Waals surface area contributed by atoms with Crippen molar-refractivity contribution in [2.45, 2.75) is 39.3 Å². The molecule has 0 atom stereocenters. The number of carbonyl (C=O) groups excluding carboxylic acids is 1. The predicted molar refractivity (Wildman–Crippen MR) is 97.4 cm³/mol. The molecule has 1 aromatic rings. The number of urea groups is 1. The van der Waals surface area contributed by atoms with Gasteiger partial charge in [-0.25, -0.2) is 4.79 Å². The quantitative estimate of drug-likeness (QED) is 0.713. The summed E-state index contributed by atoms with van der Waals surface area (Å²) in [5.74, 6) is 0.943. The van der Waals surface area contributed by atoms with E-state index in [1.165, 1.54) is 25.0 Å². The fourth-order valence-corrected chi connectivity index (χ4v) is 3.04. The zero-order chi connectivity index (χ0) is 18.9. The van der Waals surface area contributed by atoms with E-state index in [2.05, 4.69) is 21.9 Å². The Hall–Kier alpha value is -1.89. The summed E-state index contributed by atoms with van der Waals surface area (Å²) in [5, 5.41) is 2.92. The highest BCUT2D eigenvalue weighted by atomic mass is 19.3. The Bertz CT molecular complexity index is 546. The van der Waals surface area contributed by atoms with Crippen LogP contribution < -0.4 is 10.1 Å². The summed E-state index contributed by atoms with van der Waals surface area (Å²) >= 11 is 0. The van der Waals surface area contributed by atoms with Gasteiger partial charge in [0.1, 0.15) is 5.75 Å². The Labute approximate surface area is 154 Å². The van der Waals surface area contributed by atoms with E-state index in [4.69, 9.17) is 0 Å². The van der Waals surface area contributed by atoms with E-state index < -0.39 is 6.61 Å². The Kier molecular flexibility index (Phi) is 8.09. The number of hydrogen-bond donors (Lipinski definition) is 1. The summed E-state index contributed by atoms with van der Waals surface area (Å²) in [6, 6.07) is 6.18. The summed E-state index contributed by atoms with van der Waals surface area (Å²) < 4.78 is 28.6. The second kappa shape index (κ2) is 10.3. The number of hydrogen-bond acceptors (Lipinski definition) is 3. The first-order valence-corrected chi connectivity index (χ1v) is 9.19. The molecule has 0 spiro atoms. The number of ether oxygens (including phenoxy) is 1. The van der Waals surface area contributed by atoms with E-state index in [0.717, 1.165) is 37.5 Å². The molecule has 0 radical (unpaired) electrons. The summed E-state index contributed by atoms with van der Waals surface area (Å²) in [7, 11) is 1.71. The fourth-order valence-electron chi connectivity index (χ4n) is 3.04. The smallest absolute Gasteiger partial charge is 0.387 e. The molecule has 5 nitrogen and oxygen atoms in total. The molecule has 2 amide bonds. The van der Waals surface area contributed by atoms with Gasteiger partial charge in [-0.1, -0.05) is 19.1 Å². The van der Waals surface area contributed by atoms with Crippen LogP contribution in [0, 0.1) is 5.92 Å². The summed E-state index contributed by atoms with van der Waals surface area (Å²) in [4.78, 5) is 16.2. The highest BCUT2D eigenvalue weighted by Crippen LogP contribution is 2.16. The van der Waals surface area contributed by atoms with Crippen molar-refractivity contribution >= 4 is 6.03 Å². The number of nitrogens with zero attached hydrogens (tertiary/aromatic N) is 2. The molecule has 1 heterocycles. The third-order valence-corrected chi connectivity index (χ3v) is 4.72. The maximum Gasteiger partial charge on any atom is 0.387 e. The maximum atomic E-state index is 12.1. The predicted octanol–water partition coefficient (Wildman–Crippen LogP) is 3.55. The van der Waals surface area contributed by atoms with Gasteiger partial charge in [0.05, 0.1) is 0 Å². The minimum absolute atomic E-state index is 0.114. The first-order chi connectivity index (χ1) is 12.4. The van der Waals surface area contributed by atoms with Crippen LogP contribution in [0.5, 0.6) is 5.75 Å². The minimum Gasteiger partial charge on any atom is -0.435 e. The number of rotatable bonds is 8. The van der Waals surface area contributed by atoms with Crippen molar-refractivity contribution in [3.63, 3.8) is 0 Å². The van der Waals surface area contributed by atoms with Crippen LogP contribution in [-0.2, 0) is 6.54 Å². The van der Waals surface area contributed by atoms with Crippen molar-refractivity contribution in [3.05, 3.63) is 29.8 Å². The van der Waals surface area contributed by atoms with Crippen LogP contribution in [0.25, 0.3) is 0 Å². The highest BCUT2D eigenvalue weighted by molar-refractivity contribution is 5.73. The number of nitrogens with one attached hydrogen (secondary N) is 1. The lowest BCUT2D eigenvalue weighted by Crippen LogP contribution is -2.39. The lowest BCUT2D eigenvalue weighted by Gasteiger charge is -2.30. The van der Waals surface area contributed by atoms with Gasteiger partial charge in [0, 0.05) is 20.1 Å². The molecule has 1 aliphatic rings. The van der Waals surface area contributed by atoms with Gasteiger partial charge in [0.15, 0.2) is 0 Å². The van der Waals surface area contributed by atoms with Crippen LogP contribution in [0.1, 0.15) is 31.7 Å². The van der Waals surface area contributed by atoms with Crippen LogP contribution in [0.4, 0.5) is 13.6 Å². The number of benzene rings is 1. The number of alkyl halides is 2. The topological polar surface area (TPSA) is 44.8 Å². The van der Waals surface area contributed by atoms with Gasteiger partial charge >= 0.3 is 12.6 Å². The number of halogens is 2. The highest BCUT2D eigenvalue weighted by Gasteiger charge is 2.15. The lowest BCUT2D eigenvalue weighted by atomic mass is 9.99. The Morgan fingerprint density at radius 1 is 1.31 bits per heavy atom. The third-order valence-electron chi connectivity index (χ3n) is 4.72. The molecular formula is C19H29F2N3O2. The van der Waals surface area contributed by atoms with E-state index in [1.54, 1.807) is 24.1 Å². The molecule has 2 rings (SSSR count). The van der Waals surface area contributed by atoms with Crippen LogP contribution in [0.2, 0.25) is 0 Å². The van der Waals surface area contributed by atoms with Gasteiger partial charge in [-0.2, -0.15) is 8.78 Å². The average Bonchev–Trinajstić information content (AvgIpc) is 2.61. The molecule has 1 aromatic carbocycles. The van der Waals surface area contributed by atoms with Crippen molar-refractivity contribution in [1.29, 1.82) is 0 Å². The minimum atomic E-state index is -2.83. The second-order valence-corrected chi connectivity index (χ2v) is 6.99. The van der Waals surface area contributed by atoms with Crippen LogP contribution in [0.3, 0.4) is 0 Å². The number of piperidine rings is 1. The first kappa shape index (κ1) is 20.4. The zero-order valence-electron chi connectivity index (χ0n) is 15.6. The molecule has 1 N–H and O–H groups in total. The van der Waals surface area contributed by atoms with Gasteiger partial charge in [0.25, 0.3) is 0 Å². The Morgan fingerprint density at radius 2 is 1.96 bits per heavy atom. The Balaban J connectivity index is 1.64. The Morgan fingerprint density at radius 3 is 2.58 bits per heavy atom. The zero-order valence-corrected chi connectivity index (χ0v) is 15.6.